The molecule has 0 aliphatic rings. The molecule has 0 amide bonds. The molecule has 116 valence electrons. The maximum atomic E-state index is 10.9. The van der Waals surface area contributed by atoms with Crippen LogP contribution in [0.4, 0.5) is 0 Å². The molecule has 2 rings (SSSR count). The first-order valence-corrected chi connectivity index (χ1v) is 8.90. The zero-order chi connectivity index (χ0) is 16.0. The number of rotatable bonds is 7. The number of hydrogen-bond donors (Lipinski definition) is 3. The fraction of sp³-hybridized carbons (Fsp3) is 0.188. The number of carboxylic acid groups (broad SMARTS) is 1. The Hall–Kier alpha value is -1.08. The molecule has 0 radical (unpaired) electrons. The third kappa shape index (κ3) is 4.71. The molecule has 0 bridgehead atoms. The van der Waals surface area contributed by atoms with E-state index in [0.717, 1.165) is 10.5 Å². The molecule has 0 spiro atoms. The Labute approximate surface area is 144 Å². The maximum Gasteiger partial charge on any atom is 0.321 e. The molecule has 2 unspecified atom stereocenters. The summed E-state index contributed by atoms with van der Waals surface area (Å²) in [5.74, 6) is -0.714. The van der Waals surface area contributed by atoms with Gasteiger partial charge in [0.1, 0.15) is 9.45 Å². The number of nitrogens with two attached hydrogens (primary N) is 1. The van der Waals surface area contributed by atoms with E-state index < -0.39 is 15.4 Å². The Kier molecular flexibility index (Phi) is 6.26. The van der Waals surface area contributed by atoms with Gasteiger partial charge in [0.15, 0.2) is 0 Å². The summed E-state index contributed by atoms with van der Waals surface area (Å²) in [5.41, 5.74) is 6.64. The Morgan fingerprint density at radius 1 is 1.14 bits per heavy atom. The molecule has 0 heterocycles. The number of benzene rings is 2. The average molecular weight is 352 g/mol. The quantitative estimate of drug-likeness (QED) is 0.404. The second-order valence-corrected chi connectivity index (χ2v) is 8.68. The summed E-state index contributed by atoms with van der Waals surface area (Å²) in [6.45, 7) is 0. The van der Waals surface area contributed by atoms with Crippen LogP contribution in [0.15, 0.2) is 65.6 Å². The lowest BCUT2D eigenvalue weighted by Crippen LogP contribution is -2.33. The zero-order valence-electron chi connectivity index (χ0n) is 11.8. The van der Waals surface area contributed by atoms with Gasteiger partial charge in [-0.05, 0) is 17.7 Å². The predicted octanol–water partition coefficient (Wildman–Crippen LogP) is 3.66. The van der Waals surface area contributed by atoms with E-state index in [-0.39, 0.29) is 5.75 Å². The fourth-order valence-corrected chi connectivity index (χ4v) is 4.88. The molecular formula is C16H17NO2S3. The van der Waals surface area contributed by atoms with Gasteiger partial charge >= 0.3 is 5.97 Å². The molecule has 0 aromatic heterocycles. The topological polar surface area (TPSA) is 63.3 Å². The molecule has 2 aromatic rings. The van der Waals surface area contributed by atoms with Crippen molar-refractivity contribution in [1.29, 1.82) is 0 Å². The van der Waals surface area contributed by atoms with Crippen LogP contribution in [0.5, 0.6) is 0 Å². The van der Waals surface area contributed by atoms with Gasteiger partial charge in [-0.25, -0.2) is 0 Å². The number of hydrogen-bond acceptors (Lipinski definition) is 5. The van der Waals surface area contributed by atoms with E-state index in [2.05, 4.69) is 0 Å². The highest BCUT2D eigenvalue weighted by atomic mass is 32.3. The van der Waals surface area contributed by atoms with Crippen molar-refractivity contribution in [2.75, 3.05) is 5.75 Å². The van der Waals surface area contributed by atoms with E-state index in [0.29, 0.717) is 0 Å². The molecule has 6 heteroatoms. The molecule has 0 aliphatic heterocycles. The highest BCUT2D eigenvalue weighted by Gasteiger charge is 2.31. The number of carboxylic acids is 1. The van der Waals surface area contributed by atoms with E-state index in [4.69, 9.17) is 23.5 Å². The average Bonchev–Trinajstić information content (AvgIpc) is 2.54. The predicted molar refractivity (Wildman–Crippen MR) is 97.5 cm³/mol. The van der Waals surface area contributed by atoms with Crippen LogP contribution < -0.4 is 5.73 Å². The Balaban J connectivity index is 2.22. The van der Waals surface area contributed by atoms with E-state index in [9.17, 15) is 4.79 Å². The molecule has 0 aliphatic carbocycles. The van der Waals surface area contributed by atoms with Gasteiger partial charge < -0.3 is 10.8 Å². The van der Waals surface area contributed by atoms with Crippen LogP contribution in [0.25, 0.3) is 0 Å². The number of thioether (sulfide) groups is 2. The van der Waals surface area contributed by atoms with Gasteiger partial charge in [-0.1, -0.05) is 60.3 Å². The van der Waals surface area contributed by atoms with Crippen molar-refractivity contribution in [3.8, 4) is 0 Å². The summed E-state index contributed by atoms with van der Waals surface area (Å²) in [6.07, 6.45) is 0. The van der Waals surface area contributed by atoms with Gasteiger partial charge in [-0.15, -0.1) is 24.4 Å². The van der Waals surface area contributed by atoms with Crippen LogP contribution in [-0.2, 0) is 8.21 Å². The third-order valence-corrected chi connectivity index (χ3v) is 6.61. The first kappa shape index (κ1) is 17.3. The summed E-state index contributed by atoms with van der Waals surface area (Å²) in [5, 5.41) is 8.97. The van der Waals surface area contributed by atoms with E-state index in [1.54, 1.807) is 11.8 Å². The van der Waals surface area contributed by atoms with Crippen LogP contribution in [0.1, 0.15) is 5.56 Å². The third-order valence-electron chi connectivity index (χ3n) is 2.91. The minimum atomic E-state index is -0.999. The van der Waals surface area contributed by atoms with Crippen molar-refractivity contribution in [1.82, 2.24) is 0 Å². The lowest BCUT2D eigenvalue weighted by Gasteiger charge is -2.28. The molecule has 22 heavy (non-hydrogen) atoms. The Morgan fingerprint density at radius 2 is 1.68 bits per heavy atom. The minimum absolute atomic E-state index is 0.285. The number of carbonyl (C=O) groups is 1. The van der Waals surface area contributed by atoms with Crippen molar-refractivity contribution >= 4 is 42.1 Å². The second kappa shape index (κ2) is 7.97. The minimum Gasteiger partial charge on any atom is -0.480 e. The van der Waals surface area contributed by atoms with Gasteiger partial charge in [-0.2, -0.15) is 0 Å². The summed E-state index contributed by atoms with van der Waals surface area (Å²) in [6, 6.07) is 18.8. The SMILES string of the molecule is NC(CSC(S)(Sc1ccccc1)c1ccccc1)C(=O)O. The van der Waals surface area contributed by atoms with E-state index in [1.165, 1.54) is 11.8 Å². The second-order valence-electron chi connectivity index (χ2n) is 4.62. The van der Waals surface area contributed by atoms with Crippen molar-refractivity contribution in [3.05, 3.63) is 66.2 Å². The van der Waals surface area contributed by atoms with E-state index in [1.807, 2.05) is 60.7 Å². The molecule has 2 aromatic carbocycles. The molecule has 2 atom stereocenters. The maximum absolute atomic E-state index is 10.9. The van der Waals surface area contributed by atoms with Gasteiger partial charge in [0.25, 0.3) is 0 Å². The highest BCUT2D eigenvalue weighted by Crippen LogP contribution is 2.53. The molecule has 3 nitrogen and oxygen atoms in total. The summed E-state index contributed by atoms with van der Waals surface area (Å²) in [4.78, 5) is 12.0. The van der Waals surface area contributed by atoms with Crippen molar-refractivity contribution in [2.24, 2.45) is 5.73 Å². The summed E-state index contributed by atoms with van der Waals surface area (Å²) >= 11 is 7.85. The Bertz CT molecular complexity index is 609. The smallest absolute Gasteiger partial charge is 0.321 e. The lowest BCUT2D eigenvalue weighted by atomic mass is 10.2. The van der Waals surface area contributed by atoms with Crippen molar-refractivity contribution < 1.29 is 9.90 Å². The van der Waals surface area contributed by atoms with E-state index >= 15 is 0 Å². The van der Waals surface area contributed by atoms with Crippen LogP contribution in [0.3, 0.4) is 0 Å². The van der Waals surface area contributed by atoms with Crippen LogP contribution in [0.2, 0.25) is 0 Å². The van der Waals surface area contributed by atoms with Crippen LogP contribution in [-0.4, -0.2) is 22.9 Å². The number of thiol groups is 1. The Morgan fingerprint density at radius 3 is 2.23 bits per heavy atom. The molecule has 0 fully saturated rings. The normalized spacial score (nSPS) is 15.0. The monoisotopic (exact) mass is 351 g/mol. The van der Waals surface area contributed by atoms with Crippen molar-refractivity contribution in [2.45, 2.75) is 14.3 Å². The number of aliphatic carboxylic acids is 1. The summed E-state index contributed by atoms with van der Waals surface area (Å²) in [7, 11) is 0. The van der Waals surface area contributed by atoms with Crippen LogP contribution >= 0.6 is 36.2 Å². The standard InChI is InChI=1S/C16H17NO2S3/c17-14(15(18)19)11-21-16(20,12-7-3-1-4-8-12)22-13-9-5-2-6-10-13/h1-10,14,20H,11,17H2,(H,18,19). The first-order valence-electron chi connectivity index (χ1n) is 6.65. The molecule has 0 saturated heterocycles. The lowest BCUT2D eigenvalue weighted by molar-refractivity contribution is -0.137. The highest BCUT2D eigenvalue weighted by molar-refractivity contribution is 8.28. The fourth-order valence-electron chi connectivity index (χ4n) is 1.74. The van der Waals surface area contributed by atoms with Crippen molar-refractivity contribution in [3.63, 3.8) is 0 Å². The van der Waals surface area contributed by atoms with Gasteiger partial charge in [0, 0.05) is 10.6 Å². The zero-order valence-corrected chi connectivity index (χ0v) is 14.3. The van der Waals surface area contributed by atoms with Gasteiger partial charge in [0.2, 0.25) is 0 Å². The molecule has 3 N–H and O–H groups in total. The molecule has 0 saturated carbocycles. The first-order chi connectivity index (χ1) is 10.5. The largest absolute Gasteiger partial charge is 0.480 e. The van der Waals surface area contributed by atoms with Gasteiger partial charge in [0.05, 0.1) is 0 Å². The van der Waals surface area contributed by atoms with Crippen LogP contribution in [0, 0.1) is 0 Å². The van der Waals surface area contributed by atoms with Gasteiger partial charge in [-0.3, -0.25) is 4.79 Å². The summed E-state index contributed by atoms with van der Waals surface area (Å²) < 4.78 is -0.602. The molecular weight excluding hydrogens is 334 g/mol.